The van der Waals surface area contributed by atoms with Gasteiger partial charge in [0.15, 0.2) is 6.29 Å². The summed E-state index contributed by atoms with van der Waals surface area (Å²) in [5, 5.41) is 15.5. The third kappa shape index (κ3) is 4.97. The van der Waals surface area contributed by atoms with Gasteiger partial charge in [-0.2, -0.15) is 5.26 Å². The molecule has 0 radical (unpaired) electrons. The number of cyclic esters (lactones) is 1. The van der Waals surface area contributed by atoms with Gasteiger partial charge in [0.2, 0.25) is 0 Å². The quantitative estimate of drug-likeness (QED) is 0.502. The first-order chi connectivity index (χ1) is 18.4. The van der Waals surface area contributed by atoms with Crippen molar-refractivity contribution < 1.29 is 23.9 Å². The van der Waals surface area contributed by atoms with Crippen LogP contribution in [0.2, 0.25) is 0 Å². The van der Waals surface area contributed by atoms with Crippen LogP contribution in [0.1, 0.15) is 53.4 Å². The Morgan fingerprint density at radius 1 is 1.39 bits per heavy atom. The van der Waals surface area contributed by atoms with Gasteiger partial charge in [-0.25, -0.2) is 19.6 Å². The third-order valence-electron chi connectivity index (χ3n) is 7.29. The molecule has 2 aromatic rings. The molecule has 5 rings (SSSR count). The van der Waals surface area contributed by atoms with Crippen molar-refractivity contribution in [3.05, 3.63) is 40.7 Å². The SMILES string of the molecule is COC1(CNc2cc(NC(=O)N3CCCc4cc(CN5C(=O)OCC5C)c(C=O)nc43)ncc2C#N)CC1. The molecule has 1 saturated carbocycles. The number of aromatic nitrogens is 2. The average molecular weight is 520 g/mol. The van der Waals surface area contributed by atoms with Crippen LogP contribution in [0.3, 0.4) is 0 Å². The van der Waals surface area contributed by atoms with Crippen LogP contribution < -0.4 is 15.5 Å². The zero-order chi connectivity index (χ0) is 26.9. The van der Waals surface area contributed by atoms with Gasteiger partial charge in [-0.1, -0.05) is 0 Å². The number of aryl methyl sites for hydroxylation is 1. The molecule has 12 nitrogen and oxygen atoms in total. The maximum absolute atomic E-state index is 13.3. The van der Waals surface area contributed by atoms with Crippen molar-refractivity contribution in [3.8, 4) is 6.07 Å². The fraction of sp³-hybridized carbons (Fsp3) is 0.462. The molecular weight excluding hydrogens is 490 g/mol. The summed E-state index contributed by atoms with van der Waals surface area (Å²) in [6.45, 7) is 3.34. The molecule has 1 unspecified atom stereocenters. The Kier molecular flexibility index (Phi) is 6.86. The van der Waals surface area contributed by atoms with E-state index in [0.29, 0.717) is 61.5 Å². The molecular formula is C26H29N7O5. The minimum Gasteiger partial charge on any atom is -0.447 e. The van der Waals surface area contributed by atoms with E-state index in [4.69, 9.17) is 9.47 Å². The van der Waals surface area contributed by atoms with Gasteiger partial charge in [0.1, 0.15) is 30.0 Å². The number of nitrogens with one attached hydrogen (secondary N) is 2. The highest BCUT2D eigenvalue weighted by Crippen LogP contribution is 2.39. The summed E-state index contributed by atoms with van der Waals surface area (Å²) in [7, 11) is 1.67. The first kappa shape index (κ1) is 25.4. The zero-order valence-electron chi connectivity index (χ0n) is 21.3. The van der Waals surface area contributed by atoms with Gasteiger partial charge < -0.3 is 14.8 Å². The number of ether oxygens (including phenoxy) is 2. The molecule has 0 aromatic carbocycles. The number of fused-ring (bicyclic) bond motifs is 1. The Morgan fingerprint density at radius 3 is 2.87 bits per heavy atom. The Bertz CT molecular complexity index is 1320. The lowest BCUT2D eigenvalue weighted by atomic mass is 10.0. The molecule has 12 heteroatoms. The molecule has 1 aliphatic carbocycles. The number of nitriles is 1. The monoisotopic (exact) mass is 519 g/mol. The smallest absolute Gasteiger partial charge is 0.410 e. The predicted molar refractivity (Wildman–Crippen MR) is 137 cm³/mol. The maximum atomic E-state index is 13.3. The topological polar surface area (TPSA) is 150 Å². The number of carbonyl (C=O) groups is 3. The van der Waals surface area contributed by atoms with Crippen molar-refractivity contribution in [3.63, 3.8) is 0 Å². The molecule has 3 amide bonds. The van der Waals surface area contributed by atoms with Gasteiger partial charge in [0, 0.05) is 38.0 Å². The molecule has 38 heavy (non-hydrogen) atoms. The summed E-state index contributed by atoms with van der Waals surface area (Å²) >= 11 is 0. The number of urea groups is 1. The highest BCUT2D eigenvalue weighted by molar-refractivity contribution is 6.01. The number of anilines is 3. The van der Waals surface area contributed by atoms with Crippen LogP contribution in [0.5, 0.6) is 0 Å². The lowest BCUT2D eigenvalue weighted by molar-refractivity contribution is 0.0914. The molecule has 2 aliphatic heterocycles. The van der Waals surface area contributed by atoms with Crippen LogP contribution in [-0.2, 0) is 22.4 Å². The molecule has 0 spiro atoms. The number of carbonyl (C=O) groups excluding carboxylic acids is 3. The normalized spacial score (nSPS) is 19.3. The number of methoxy groups -OCH3 is 1. The molecule has 0 bridgehead atoms. The minimum absolute atomic E-state index is 0.107. The third-order valence-corrected chi connectivity index (χ3v) is 7.29. The number of aldehydes is 1. The fourth-order valence-corrected chi connectivity index (χ4v) is 4.72. The molecule has 1 atom stereocenters. The Labute approximate surface area is 219 Å². The molecule has 1 saturated heterocycles. The van der Waals surface area contributed by atoms with E-state index in [9.17, 15) is 19.6 Å². The van der Waals surface area contributed by atoms with Crippen LogP contribution in [0.4, 0.5) is 26.9 Å². The van der Waals surface area contributed by atoms with Crippen molar-refractivity contribution in [2.24, 2.45) is 0 Å². The highest BCUT2D eigenvalue weighted by atomic mass is 16.6. The Hall–Kier alpha value is -4.24. The van der Waals surface area contributed by atoms with Gasteiger partial charge in [0.25, 0.3) is 0 Å². The van der Waals surface area contributed by atoms with Crippen molar-refractivity contribution in [1.82, 2.24) is 14.9 Å². The van der Waals surface area contributed by atoms with Gasteiger partial charge in [0.05, 0.1) is 29.4 Å². The van der Waals surface area contributed by atoms with Gasteiger partial charge in [-0.15, -0.1) is 0 Å². The largest absolute Gasteiger partial charge is 0.447 e. The summed E-state index contributed by atoms with van der Waals surface area (Å²) in [6, 6.07) is 5.02. The van der Waals surface area contributed by atoms with Crippen LogP contribution in [0.15, 0.2) is 18.3 Å². The second-order valence-corrected chi connectivity index (χ2v) is 9.84. The molecule has 2 N–H and O–H groups in total. The molecule has 2 fully saturated rings. The summed E-state index contributed by atoms with van der Waals surface area (Å²) in [5.41, 5.74) is 2.30. The lowest BCUT2D eigenvalue weighted by Crippen LogP contribution is -2.40. The summed E-state index contributed by atoms with van der Waals surface area (Å²) in [6.07, 6.45) is 4.90. The second-order valence-electron chi connectivity index (χ2n) is 9.84. The van der Waals surface area contributed by atoms with E-state index < -0.39 is 12.1 Å². The van der Waals surface area contributed by atoms with E-state index in [1.807, 2.05) is 13.0 Å². The van der Waals surface area contributed by atoms with Crippen molar-refractivity contribution in [2.75, 3.05) is 42.3 Å². The highest BCUT2D eigenvalue weighted by Gasteiger charge is 2.42. The number of hydrogen-bond acceptors (Lipinski definition) is 9. The summed E-state index contributed by atoms with van der Waals surface area (Å²) < 4.78 is 10.6. The maximum Gasteiger partial charge on any atom is 0.410 e. The van der Waals surface area contributed by atoms with Gasteiger partial charge >= 0.3 is 12.1 Å². The van der Waals surface area contributed by atoms with Crippen LogP contribution in [0, 0.1) is 11.3 Å². The fourth-order valence-electron chi connectivity index (χ4n) is 4.72. The number of rotatable bonds is 8. The lowest BCUT2D eigenvalue weighted by Gasteiger charge is -2.29. The molecule has 3 aliphatic rings. The van der Waals surface area contributed by atoms with Crippen molar-refractivity contribution >= 4 is 35.7 Å². The van der Waals surface area contributed by atoms with E-state index in [0.717, 1.165) is 18.4 Å². The number of pyridine rings is 2. The Balaban J connectivity index is 1.34. The van der Waals surface area contributed by atoms with Gasteiger partial charge in [-0.05, 0) is 44.2 Å². The second kappa shape index (κ2) is 10.3. The first-order valence-electron chi connectivity index (χ1n) is 12.6. The standard InChI is InChI=1S/C26H29N7O5/c1-16-14-38-25(36)33(16)12-18-8-17-4-3-7-32(23(17)30-21(18)13-34)24(35)31-22-9-20(19(10-27)11-28-22)29-15-26(37-2)5-6-26/h8-9,11,13,16H,3-7,12,14-15H2,1-2H3,(H2,28,29,31,35). The van der Waals surface area contributed by atoms with Crippen molar-refractivity contribution in [1.29, 1.82) is 5.26 Å². The van der Waals surface area contributed by atoms with E-state index in [-0.39, 0.29) is 29.7 Å². The van der Waals surface area contributed by atoms with Crippen molar-refractivity contribution in [2.45, 2.75) is 50.8 Å². The Morgan fingerprint density at radius 2 is 2.21 bits per heavy atom. The van der Waals surface area contributed by atoms with Gasteiger partial charge in [-0.3, -0.25) is 19.9 Å². The first-order valence-corrected chi connectivity index (χ1v) is 12.6. The zero-order valence-corrected chi connectivity index (χ0v) is 21.3. The van der Waals surface area contributed by atoms with Crippen LogP contribution in [-0.4, -0.2) is 71.7 Å². The summed E-state index contributed by atoms with van der Waals surface area (Å²) in [5.74, 6) is 0.680. The number of amides is 3. The number of nitrogens with zero attached hydrogens (tertiary/aromatic N) is 5. The summed E-state index contributed by atoms with van der Waals surface area (Å²) in [4.78, 5) is 49.0. The molecule has 4 heterocycles. The van der Waals surface area contributed by atoms with E-state index in [1.54, 1.807) is 18.1 Å². The van der Waals surface area contributed by atoms with E-state index in [2.05, 4.69) is 26.7 Å². The molecule has 198 valence electrons. The van der Waals surface area contributed by atoms with Crippen LogP contribution in [0.25, 0.3) is 0 Å². The predicted octanol–water partition coefficient (Wildman–Crippen LogP) is 3.08. The average Bonchev–Trinajstić information content (AvgIpc) is 3.66. The van der Waals surface area contributed by atoms with E-state index >= 15 is 0 Å². The molecule has 2 aromatic heterocycles. The number of hydrogen-bond donors (Lipinski definition) is 2. The van der Waals surface area contributed by atoms with Crippen LogP contribution >= 0.6 is 0 Å². The minimum atomic E-state index is -0.446. The van der Waals surface area contributed by atoms with E-state index in [1.165, 1.54) is 11.1 Å².